The van der Waals surface area contributed by atoms with Gasteiger partial charge in [-0.05, 0) is 69.5 Å². The van der Waals surface area contributed by atoms with Gasteiger partial charge in [0.2, 0.25) is 8.03 Å². The molecule has 0 radical (unpaired) electrons. The predicted molar refractivity (Wildman–Crippen MR) is 111 cm³/mol. The number of carbonyl (C=O) groups is 1. The number of ether oxygens (including phenoxy) is 2. The normalized spacial score (nSPS) is 13.5. The van der Waals surface area contributed by atoms with Crippen molar-refractivity contribution < 1.29 is 23.7 Å². The fourth-order valence-corrected chi connectivity index (χ4v) is 3.00. The zero-order chi connectivity index (χ0) is 20.7. The largest absolute Gasteiger partial charge is 0.489 e. The van der Waals surface area contributed by atoms with Crippen molar-refractivity contribution in [3.05, 3.63) is 59.7 Å². The number of carbonyl (C=O) groups excluding carboxylic acids is 1. The summed E-state index contributed by atoms with van der Waals surface area (Å²) in [5.41, 5.74) is 1.49. The lowest BCUT2D eigenvalue weighted by molar-refractivity contribution is 0.0508. The molecule has 152 valence electrons. The van der Waals surface area contributed by atoms with E-state index in [1.807, 2.05) is 52.0 Å². The molecule has 2 rings (SSSR count). The Kier molecular flexibility index (Phi) is 7.67. The lowest BCUT2D eigenvalue weighted by Crippen LogP contribution is -2.38. The molecule has 1 amide bonds. The van der Waals surface area contributed by atoms with Gasteiger partial charge in [-0.25, -0.2) is 4.79 Å². The van der Waals surface area contributed by atoms with Crippen LogP contribution in [0.15, 0.2) is 48.5 Å². The summed E-state index contributed by atoms with van der Waals surface area (Å²) in [5, 5.41) is 3.27. The molecule has 0 saturated carbocycles. The molecule has 0 fully saturated rings. The first-order chi connectivity index (χ1) is 13.1. The summed E-state index contributed by atoms with van der Waals surface area (Å²) < 4.78 is 22.1. The Morgan fingerprint density at radius 3 is 2.18 bits per heavy atom. The minimum absolute atomic E-state index is 0.0564. The van der Waals surface area contributed by atoms with Crippen molar-refractivity contribution >= 4 is 19.4 Å². The van der Waals surface area contributed by atoms with Crippen LogP contribution >= 0.6 is 8.03 Å². The highest BCUT2D eigenvalue weighted by molar-refractivity contribution is 7.47. The Balaban J connectivity index is 1.82. The standard InChI is InChI=1S/C21H28NO5P/c1-15(22-20(23)27-21(2,3)4)13-16-5-9-18(10-6-16)26-14-17-7-11-19(12-8-17)28(24)25/h5-12,15,28H,13-14H2,1-4H3,(H,22,23)(H,24,25). The number of nitrogens with one attached hydrogen (secondary N) is 1. The molecule has 2 unspecified atom stereocenters. The number of amides is 1. The highest BCUT2D eigenvalue weighted by atomic mass is 31.1. The van der Waals surface area contributed by atoms with E-state index >= 15 is 0 Å². The monoisotopic (exact) mass is 405 g/mol. The fraction of sp³-hybridized carbons (Fsp3) is 0.381. The number of benzene rings is 2. The maximum Gasteiger partial charge on any atom is 0.407 e. The van der Waals surface area contributed by atoms with Crippen LogP contribution in [0.4, 0.5) is 4.79 Å². The van der Waals surface area contributed by atoms with Crippen molar-refractivity contribution in [2.75, 3.05) is 0 Å². The van der Waals surface area contributed by atoms with Crippen LogP contribution in [-0.2, 0) is 22.3 Å². The molecule has 2 N–H and O–H groups in total. The zero-order valence-corrected chi connectivity index (χ0v) is 17.7. The van der Waals surface area contributed by atoms with Gasteiger partial charge in [-0.1, -0.05) is 24.3 Å². The summed E-state index contributed by atoms with van der Waals surface area (Å²) in [6, 6.07) is 14.5. The summed E-state index contributed by atoms with van der Waals surface area (Å²) in [5.74, 6) is 0.733. The molecule has 0 aliphatic heterocycles. The van der Waals surface area contributed by atoms with Crippen LogP contribution in [0.1, 0.15) is 38.8 Å². The lowest BCUT2D eigenvalue weighted by Gasteiger charge is -2.22. The van der Waals surface area contributed by atoms with Crippen LogP contribution in [0, 0.1) is 0 Å². The van der Waals surface area contributed by atoms with Gasteiger partial charge >= 0.3 is 6.09 Å². The number of alkyl carbamates (subject to hydrolysis) is 1. The number of hydrogen-bond donors (Lipinski definition) is 2. The fourth-order valence-electron chi connectivity index (χ4n) is 2.55. The van der Waals surface area contributed by atoms with Crippen LogP contribution in [0.25, 0.3) is 0 Å². The van der Waals surface area contributed by atoms with Gasteiger partial charge in [0, 0.05) is 11.3 Å². The van der Waals surface area contributed by atoms with Gasteiger partial charge in [-0.3, -0.25) is 4.57 Å². The van der Waals surface area contributed by atoms with E-state index in [4.69, 9.17) is 14.4 Å². The molecule has 7 heteroatoms. The average Bonchev–Trinajstić information content (AvgIpc) is 2.59. The lowest BCUT2D eigenvalue weighted by atomic mass is 10.1. The predicted octanol–water partition coefficient (Wildman–Crippen LogP) is 3.81. The van der Waals surface area contributed by atoms with E-state index in [2.05, 4.69) is 5.32 Å². The molecule has 0 aromatic heterocycles. The molecule has 0 aliphatic rings. The van der Waals surface area contributed by atoms with E-state index in [1.54, 1.807) is 24.3 Å². The van der Waals surface area contributed by atoms with E-state index < -0.39 is 19.7 Å². The quantitative estimate of drug-likeness (QED) is 0.684. The second kappa shape index (κ2) is 9.76. The van der Waals surface area contributed by atoms with Gasteiger partial charge in [0.15, 0.2) is 0 Å². The van der Waals surface area contributed by atoms with Gasteiger partial charge in [-0.2, -0.15) is 0 Å². The van der Waals surface area contributed by atoms with Gasteiger partial charge in [0.05, 0.1) is 0 Å². The van der Waals surface area contributed by atoms with Crippen molar-refractivity contribution in [2.24, 2.45) is 0 Å². The van der Waals surface area contributed by atoms with Crippen molar-refractivity contribution in [1.82, 2.24) is 5.32 Å². The molecule has 2 aromatic rings. The Hall–Kier alpha value is -2.30. The van der Waals surface area contributed by atoms with Crippen LogP contribution < -0.4 is 15.4 Å². The molecular formula is C21H28NO5P. The first-order valence-electron chi connectivity index (χ1n) is 9.16. The van der Waals surface area contributed by atoms with Gasteiger partial charge in [-0.15, -0.1) is 0 Å². The first kappa shape index (κ1) is 22.0. The summed E-state index contributed by atoms with van der Waals surface area (Å²) in [7, 11) is -2.65. The summed E-state index contributed by atoms with van der Waals surface area (Å²) in [4.78, 5) is 20.9. The van der Waals surface area contributed by atoms with Gasteiger partial charge in [0.25, 0.3) is 0 Å². The third-order valence-electron chi connectivity index (χ3n) is 3.83. The Morgan fingerprint density at radius 2 is 1.64 bits per heavy atom. The first-order valence-corrected chi connectivity index (χ1v) is 10.5. The maximum absolute atomic E-state index is 11.8. The highest BCUT2D eigenvalue weighted by Crippen LogP contribution is 2.17. The maximum atomic E-state index is 11.8. The van der Waals surface area contributed by atoms with Crippen LogP contribution in [0.5, 0.6) is 5.75 Å². The minimum Gasteiger partial charge on any atom is -0.489 e. The molecule has 0 heterocycles. The van der Waals surface area contributed by atoms with E-state index in [1.165, 1.54) is 0 Å². The molecule has 6 nitrogen and oxygen atoms in total. The molecule has 2 aromatic carbocycles. The van der Waals surface area contributed by atoms with Crippen molar-refractivity contribution in [3.63, 3.8) is 0 Å². The van der Waals surface area contributed by atoms with E-state index in [0.29, 0.717) is 18.3 Å². The van der Waals surface area contributed by atoms with Crippen LogP contribution in [0.3, 0.4) is 0 Å². The Bertz CT molecular complexity index is 797. The zero-order valence-electron chi connectivity index (χ0n) is 16.7. The third kappa shape index (κ3) is 7.75. The van der Waals surface area contributed by atoms with Gasteiger partial charge < -0.3 is 19.7 Å². The third-order valence-corrected chi connectivity index (χ3v) is 4.66. The van der Waals surface area contributed by atoms with E-state index in [9.17, 15) is 9.36 Å². The molecule has 0 spiro atoms. The second-order valence-electron chi connectivity index (χ2n) is 7.69. The smallest absolute Gasteiger partial charge is 0.407 e. The molecule has 0 bridgehead atoms. The van der Waals surface area contributed by atoms with Gasteiger partial charge in [0.1, 0.15) is 18.0 Å². The van der Waals surface area contributed by atoms with E-state index in [0.717, 1.165) is 16.9 Å². The van der Waals surface area contributed by atoms with Crippen molar-refractivity contribution in [2.45, 2.75) is 52.4 Å². The van der Waals surface area contributed by atoms with Crippen LogP contribution in [-0.4, -0.2) is 22.6 Å². The summed E-state index contributed by atoms with van der Waals surface area (Å²) in [6.07, 6.45) is 0.263. The second-order valence-corrected chi connectivity index (χ2v) is 8.87. The molecular weight excluding hydrogens is 377 g/mol. The van der Waals surface area contributed by atoms with E-state index in [-0.39, 0.29) is 6.04 Å². The SMILES string of the molecule is CC(Cc1ccc(OCc2ccc([PH](=O)O)cc2)cc1)NC(=O)OC(C)(C)C. The van der Waals surface area contributed by atoms with Crippen molar-refractivity contribution in [1.29, 1.82) is 0 Å². The molecule has 28 heavy (non-hydrogen) atoms. The highest BCUT2D eigenvalue weighted by Gasteiger charge is 2.17. The molecule has 0 aliphatic carbocycles. The van der Waals surface area contributed by atoms with Crippen molar-refractivity contribution in [3.8, 4) is 5.75 Å². The average molecular weight is 405 g/mol. The molecule has 0 saturated heterocycles. The Labute approximate surface area is 166 Å². The van der Waals surface area contributed by atoms with Crippen LogP contribution in [0.2, 0.25) is 0 Å². The number of hydrogen-bond acceptors (Lipinski definition) is 4. The topological polar surface area (TPSA) is 84.9 Å². The summed E-state index contributed by atoms with van der Waals surface area (Å²) >= 11 is 0. The molecule has 2 atom stereocenters. The Morgan fingerprint density at radius 1 is 1.07 bits per heavy atom. The minimum atomic E-state index is -2.65. The number of rotatable bonds is 7. The summed E-state index contributed by atoms with van der Waals surface area (Å²) in [6.45, 7) is 7.80.